The van der Waals surface area contributed by atoms with Crippen LogP contribution in [0.1, 0.15) is 50.7 Å². The molecule has 8 heteroatoms. The molecule has 2 amide bonds. The number of benzene rings is 1. The van der Waals surface area contributed by atoms with E-state index in [9.17, 15) is 19.5 Å². The third-order valence-electron chi connectivity index (χ3n) is 8.94. The summed E-state index contributed by atoms with van der Waals surface area (Å²) < 4.78 is 12.3. The van der Waals surface area contributed by atoms with Gasteiger partial charge in [-0.3, -0.25) is 14.4 Å². The number of unbranched alkanes of at least 4 members (excludes halogenated alkanes) is 2. The summed E-state index contributed by atoms with van der Waals surface area (Å²) in [5.41, 5.74) is 0.644. The van der Waals surface area contributed by atoms with Gasteiger partial charge >= 0.3 is 5.97 Å². The highest BCUT2D eigenvalue weighted by atomic mass is 16.6. The van der Waals surface area contributed by atoms with E-state index in [1.807, 2.05) is 45.9 Å². The number of aliphatic hydroxyl groups is 1. The maximum absolute atomic E-state index is 14.7. The van der Waals surface area contributed by atoms with Crippen LogP contribution in [0.25, 0.3) is 0 Å². The molecule has 0 aromatic heterocycles. The number of aryl methyl sites for hydroxylation is 2. The Morgan fingerprint density at radius 1 is 1.23 bits per heavy atom. The minimum Gasteiger partial charge on any atom is -0.461 e. The van der Waals surface area contributed by atoms with Crippen molar-refractivity contribution in [2.75, 3.05) is 31.2 Å². The van der Waals surface area contributed by atoms with Crippen LogP contribution in [0.15, 0.2) is 43.5 Å². The largest absolute Gasteiger partial charge is 0.461 e. The van der Waals surface area contributed by atoms with E-state index in [1.165, 1.54) is 6.08 Å². The van der Waals surface area contributed by atoms with Gasteiger partial charge < -0.3 is 24.4 Å². The first kappa shape index (κ1) is 29.0. The predicted octanol–water partition coefficient (Wildman–Crippen LogP) is 3.72. The Morgan fingerprint density at radius 2 is 1.97 bits per heavy atom. The number of ether oxygens (including phenoxy) is 2. The summed E-state index contributed by atoms with van der Waals surface area (Å²) in [6, 6.07) is 5.06. The molecule has 1 aromatic carbocycles. The Balaban J connectivity index is 1.81. The van der Waals surface area contributed by atoms with Gasteiger partial charge in [-0.1, -0.05) is 37.8 Å². The number of esters is 1. The summed E-state index contributed by atoms with van der Waals surface area (Å²) in [7, 11) is 0. The molecule has 3 aliphatic heterocycles. The number of aliphatic hydroxyl groups excluding tert-OH is 1. The number of hydrogen-bond acceptors (Lipinski definition) is 6. The van der Waals surface area contributed by atoms with Crippen molar-refractivity contribution in [3.05, 3.63) is 54.6 Å². The van der Waals surface area contributed by atoms with Gasteiger partial charge in [-0.15, -0.1) is 6.58 Å². The Hall–Kier alpha value is -2.97. The van der Waals surface area contributed by atoms with Crippen molar-refractivity contribution in [2.24, 2.45) is 17.8 Å². The lowest BCUT2D eigenvalue weighted by Gasteiger charge is -2.37. The molecule has 1 spiro atoms. The zero-order valence-electron chi connectivity index (χ0n) is 23.7. The lowest BCUT2D eigenvalue weighted by molar-refractivity contribution is -0.160. The smallest absolute Gasteiger partial charge is 0.313 e. The highest BCUT2D eigenvalue weighted by Gasteiger charge is 2.80. The van der Waals surface area contributed by atoms with Crippen molar-refractivity contribution in [1.82, 2.24) is 4.90 Å². The normalized spacial score (nSPS) is 30.8. The van der Waals surface area contributed by atoms with E-state index in [0.29, 0.717) is 32.2 Å². The van der Waals surface area contributed by atoms with Gasteiger partial charge in [0.25, 0.3) is 5.91 Å². The van der Waals surface area contributed by atoms with Crippen LogP contribution in [0.4, 0.5) is 5.69 Å². The van der Waals surface area contributed by atoms with Gasteiger partial charge in [0.15, 0.2) is 0 Å². The standard InChI is InChI=1S/C31H42N2O6/c1-7-14-32(23-18-20(3)12-13-21(23)4)28(36)26-31-19-22(5)30(6,39-31)25(29(37)38-17-8-2)24(31)27(35)33(26)15-10-9-11-16-34/h7-8,12-13,18,22,24-26,34H,1-2,9-11,14-17,19H2,3-6H3/t22?,24-,25+,26?,30-,31?/m0/s1. The molecule has 3 saturated heterocycles. The molecule has 0 radical (unpaired) electrons. The molecule has 0 aliphatic carbocycles. The summed E-state index contributed by atoms with van der Waals surface area (Å²) in [6.45, 7) is 16.1. The van der Waals surface area contributed by atoms with E-state index >= 15 is 0 Å². The Labute approximate surface area is 231 Å². The number of amides is 2. The van der Waals surface area contributed by atoms with Crippen LogP contribution in [-0.4, -0.2) is 71.3 Å². The van der Waals surface area contributed by atoms with Crippen molar-refractivity contribution < 1.29 is 29.0 Å². The van der Waals surface area contributed by atoms with E-state index in [-0.39, 0.29) is 37.5 Å². The zero-order chi connectivity index (χ0) is 28.5. The van der Waals surface area contributed by atoms with Gasteiger partial charge in [0.2, 0.25) is 5.91 Å². The number of rotatable bonds is 12. The number of hydrogen-bond donors (Lipinski definition) is 1. The van der Waals surface area contributed by atoms with E-state index in [1.54, 1.807) is 15.9 Å². The molecule has 4 rings (SSSR count). The molecule has 6 atom stereocenters. The molecule has 8 nitrogen and oxygen atoms in total. The second kappa shape index (κ2) is 11.3. The average Bonchev–Trinajstić information content (AvgIpc) is 3.41. The van der Waals surface area contributed by atoms with Crippen LogP contribution >= 0.6 is 0 Å². The Morgan fingerprint density at radius 3 is 2.64 bits per heavy atom. The van der Waals surface area contributed by atoms with Crippen LogP contribution in [0.5, 0.6) is 0 Å². The number of carbonyl (C=O) groups excluding carboxylic acids is 3. The quantitative estimate of drug-likeness (QED) is 0.248. The molecule has 0 saturated carbocycles. The minimum atomic E-state index is -1.14. The van der Waals surface area contributed by atoms with Crippen molar-refractivity contribution in [3.63, 3.8) is 0 Å². The Kier molecular flexibility index (Phi) is 8.38. The zero-order valence-corrected chi connectivity index (χ0v) is 23.7. The summed E-state index contributed by atoms with van der Waals surface area (Å²) in [6.07, 6.45) is 5.63. The third-order valence-corrected chi connectivity index (χ3v) is 8.94. The number of carbonyl (C=O) groups is 3. The van der Waals surface area contributed by atoms with Crippen LogP contribution in [-0.2, 0) is 23.9 Å². The highest BCUT2D eigenvalue weighted by molar-refractivity contribution is 6.05. The van der Waals surface area contributed by atoms with Crippen LogP contribution < -0.4 is 4.90 Å². The lowest BCUT2D eigenvalue weighted by Crippen LogP contribution is -2.57. The maximum atomic E-state index is 14.7. The first-order valence-electron chi connectivity index (χ1n) is 14.0. The van der Waals surface area contributed by atoms with Gasteiger partial charge in [-0.2, -0.15) is 0 Å². The molecule has 1 N–H and O–H groups in total. The highest BCUT2D eigenvalue weighted by Crippen LogP contribution is 2.65. The van der Waals surface area contributed by atoms with Crippen LogP contribution in [0, 0.1) is 31.6 Å². The molecule has 3 unspecified atom stereocenters. The fourth-order valence-electron chi connectivity index (χ4n) is 7.01. The van der Waals surface area contributed by atoms with Crippen molar-refractivity contribution in [1.29, 1.82) is 0 Å². The molecule has 3 aliphatic rings. The van der Waals surface area contributed by atoms with Gasteiger partial charge in [0.1, 0.15) is 24.2 Å². The molecule has 3 fully saturated rings. The summed E-state index contributed by atoms with van der Waals surface area (Å²) in [4.78, 5) is 45.6. The molecule has 39 heavy (non-hydrogen) atoms. The third kappa shape index (κ3) is 4.72. The monoisotopic (exact) mass is 538 g/mol. The average molecular weight is 539 g/mol. The van der Waals surface area contributed by atoms with Crippen molar-refractivity contribution in [3.8, 4) is 0 Å². The molecule has 3 heterocycles. The van der Waals surface area contributed by atoms with Gasteiger partial charge in [0.05, 0.1) is 11.5 Å². The minimum absolute atomic E-state index is 0.0423. The fourth-order valence-corrected chi connectivity index (χ4v) is 7.01. The van der Waals surface area contributed by atoms with Crippen molar-refractivity contribution >= 4 is 23.5 Å². The number of anilines is 1. The molecule has 212 valence electrons. The van der Waals surface area contributed by atoms with Gasteiger partial charge in [0, 0.05) is 25.4 Å². The van der Waals surface area contributed by atoms with E-state index in [2.05, 4.69) is 13.2 Å². The summed E-state index contributed by atoms with van der Waals surface area (Å²) >= 11 is 0. The van der Waals surface area contributed by atoms with E-state index < -0.39 is 35.0 Å². The summed E-state index contributed by atoms with van der Waals surface area (Å²) in [5.74, 6) is -2.67. The first-order chi connectivity index (χ1) is 18.6. The van der Waals surface area contributed by atoms with Crippen molar-refractivity contribution in [2.45, 2.75) is 70.6 Å². The SMILES string of the molecule is C=CCOC(=O)[C@H]1[C@H]2C(=O)N(CCCCCO)C(C(=O)N(CC=C)c3cc(C)ccc3C)C23CC(C)[C@]1(C)O3. The maximum Gasteiger partial charge on any atom is 0.313 e. The number of nitrogens with zero attached hydrogens (tertiary/aromatic N) is 2. The van der Waals surface area contributed by atoms with E-state index in [4.69, 9.17) is 9.47 Å². The fraction of sp³-hybridized carbons (Fsp3) is 0.581. The van der Waals surface area contributed by atoms with Crippen LogP contribution in [0.3, 0.4) is 0 Å². The lowest BCUT2D eigenvalue weighted by atomic mass is 9.62. The molecule has 2 bridgehead atoms. The number of fused-ring (bicyclic) bond motifs is 1. The number of likely N-dealkylation sites (tertiary alicyclic amines) is 1. The topological polar surface area (TPSA) is 96.4 Å². The predicted molar refractivity (Wildman–Crippen MR) is 149 cm³/mol. The first-order valence-corrected chi connectivity index (χ1v) is 14.0. The van der Waals surface area contributed by atoms with Gasteiger partial charge in [-0.25, -0.2) is 0 Å². The molecule has 1 aromatic rings. The second-order valence-corrected chi connectivity index (χ2v) is 11.5. The van der Waals surface area contributed by atoms with Gasteiger partial charge in [-0.05, 0) is 69.6 Å². The Bertz CT molecular complexity index is 1150. The second-order valence-electron chi connectivity index (χ2n) is 11.5. The van der Waals surface area contributed by atoms with E-state index in [0.717, 1.165) is 16.8 Å². The molecular formula is C31H42N2O6. The molecular weight excluding hydrogens is 496 g/mol. The van der Waals surface area contributed by atoms with Crippen LogP contribution in [0.2, 0.25) is 0 Å². The summed E-state index contributed by atoms with van der Waals surface area (Å²) in [5, 5.41) is 9.27.